The lowest BCUT2D eigenvalue weighted by Gasteiger charge is -2.46. The normalized spacial score (nSPS) is 31.1. The van der Waals surface area contributed by atoms with Crippen molar-refractivity contribution < 1.29 is 9.53 Å². The quantitative estimate of drug-likeness (QED) is 0.423. The van der Waals surface area contributed by atoms with Gasteiger partial charge in [0.25, 0.3) is 0 Å². The Morgan fingerprint density at radius 3 is 2.63 bits per heavy atom. The summed E-state index contributed by atoms with van der Waals surface area (Å²) in [4.78, 5) is 11.8. The summed E-state index contributed by atoms with van der Waals surface area (Å²) in [5, 5.41) is 0. The van der Waals surface area contributed by atoms with Crippen LogP contribution in [0.15, 0.2) is 11.6 Å². The van der Waals surface area contributed by atoms with E-state index in [1.807, 2.05) is 6.92 Å². The van der Waals surface area contributed by atoms with Gasteiger partial charge >= 0.3 is 5.97 Å². The largest absolute Gasteiger partial charge is 0.466 e. The molecule has 0 aromatic heterocycles. The molecule has 1 aliphatic carbocycles. The van der Waals surface area contributed by atoms with Gasteiger partial charge in [-0.05, 0) is 49.9 Å². The van der Waals surface area contributed by atoms with Crippen molar-refractivity contribution in [1.82, 2.24) is 0 Å². The number of allylic oxidation sites excluding steroid dienone is 1. The van der Waals surface area contributed by atoms with E-state index in [9.17, 15) is 4.79 Å². The van der Waals surface area contributed by atoms with Crippen LogP contribution in [0.2, 0.25) is 0 Å². The van der Waals surface area contributed by atoms with E-state index in [1.54, 1.807) is 6.08 Å². The lowest BCUT2D eigenvalue weighted by molar-refractivity contribution is -0.134. The highest BCUT2D eigenvalue weighted by Gasteiger charge is 2.41. The smallest absolute Gasteiger partial charge is 0.330 e. The van der Waals surface area contributed by atoms with Gasteiger partial charge in [0.15, 0.2) is 0 Å². The third kappa shape index (κ3) is 4.34. The van der Waals surface area contributed by atoms with Crippen molar-refractivity contribution in [3.63, 3.8) is 0 Å². The molecule has 0 aromatic carbocycles. The molecule has 3 unspecified atom stereocenters. The van der Waals surface area contributed by atoms with Crippen LogP contribution < -0.4 is 0 Å². The van der Waals surface area contributed by atoms with Gasteiger partial charge in [0, 0.05) is 10.9 Å². The van der Waals surface area contributed by atoms with Crippen LogP contribution in [0.1, 0.15) is 53.4 Å². The molecule has 0 heterocycles. The predicted octanol–water partition coefficient (Wildman–Crippen LogP) is 4.72. The van der Waals surface area contributed by atoms with Crippen LogP contribution in [0.5, 0.6) is 0 Å². The zero-order valence-corrected chi connectivity index (χ0v) is 14.4. The molecular formula is C16H27BrO2. The highest BCUT2D eigenvalue weighted by molar-refractivity contribution is 9.09. The fraction of sp³-hybridized carbons (Fsp3) is 0.812. The maximum atomic E-state index is 11.2. The van der Waals surface area contributed by atoms with Gasteiger partial charge in [0.2, 0.25) is 0 Å². The minimum Gasteiger partial charge on any atom is -0.466 e. The van der Waals surface area contributed by atoms with Gasteiger partial charge in [0.1, 0.15) is 0 Å². The summed E-state index contributed by atoms with van der Waals surface area (Å²) < 4.78 is 4.67. The van der Waals surface area contributed by atoms with Crippen LogP contribution in [-0.4, -0.2) is 17.9 Å². The van der Waals surface area contributed by atoms with E-state index in [4.69, 9.17) is 0 Å². The maximum Gasteiger partial charge on any atom is 0.330 e. The second kappa shape index (κ2) is 6.92. The topological polar surface area (TPSA) is 26.3 Å². The molecule has 1 saturated carbocycles. The van der Waals surface area contributed by atoms with Gasteiger partial charge in [-0.3, -0.25) is 0 Å². The standard InChI is InChI=1S/C16H27BrO2/c1-11(10-15(18)19-5)6-8-13-12(2)7-9-14(17)16(13,3)4/h10,12-14H,6-9H2,1-5H3/b11-10+. The first-order chi connectivity index (χ1) is 8.78. The molecule has 0 bridgehead atoms. The number of esters is 1. The molecule has 0 amide bonds. The summed E-state index contributed by atoms with van der Waals surface area (Å²) in [5.41, 5.74) is 1.44. The van der Waals surface area contributed by atoms with Crippen LogP contribution in [0.4, 0.5) is 0 Å². The molecule has 0 aromatic rings. The molecule has 110 valence electrons. The minimum atomic E-state index is -0.244. The fourth-order valence-electron chi connectivity index (χ4n) is 3.32. The summed E-state index contributed by atoms with van der Waals surface area (Å²) in [6, 6.07) is 0. The molecule has 1 rings (SSSR count). The Morgan fingerprint density at radius 2 is 2.05 bits per heavy atom. The van der Waals surface area contributed by atoms with E-state index in [0.717, 1.165) is 24.3 Å². The molecule has 0 N–H and O–H groups in total. The monoisotopic (exact) mass is 330 g/mol. The van der Waals surface area contributed by atoms with Gasteiger partial charge in [-0.1, -0.05) is 42.3 Å². The molecule has 0 saturated heterocycles. The molecule has 3 atom stereocenters. The van der Waals surface area contributed by atoms with Gasteiger partial charge < -0.3 is 4.74 Å². The highest BCUT2D eigenvalue weighted by atomic mass is 79.9. The van der Waals surface area contributed by atoms with E-state index >= 15 is 0 Å². The lowest BCUT2D eigenvalue weighted by atomic mass is 9.62. The summed E-state index contributed by atoms with van der Waals surface area (Å²) in [6.45, 7) is 9.12. The first-order valence-corrected chi connectivity index (χ1v) is 8.09. The van der Waals surface area contributed by atoms with Crippen LogP contribution in [0.25, 0.3) is 0 Å². The zero-order chi connectivity index (χ0) is 14.6. The van der Waals surface area contributed by atoms with Gasteiger partial charge in [-0.2, -0.15) is 0 Å². The van der Waals surface area contributed by atoms with Crippen molar-refractivity contribution in [2.24, 2.45) is 17.3 Å². The van der Waals surface area contributed by atoms with Crippen molar-refractivity contribution in [3.05, 3.63) is 11.6 Å². The third-order valence-corrected chi connectivity index (χ3v) is 6.38. The van der Waals surface area contributed by atoms with E-state index in [-0.39, 0.29) is 5.97 Å². The Labute approximate surface area is 126 Å². The Bertz CT molecular complexity index is 347. The van der Waals surface area contributed by atoms with E-state index in [2.05, 4.69) is 41.4 Å². The number of halogens is 1. The highest BCUT2D eigenvalue weighted by Crippen LogP contribution is 2.49. The van der Waals surface area contributed by atoms with E-state index < -0.39 is 0 Å². The van der Waals surface area contributed by atoms with Gasteiger partial charge in [0.05, 0.1) is 7.11 Å². The Hall–Kier alpha value is -0.310. The van der Waals surface area contributed by atoms with Crippen molar-refractivity contribution in [3.8, 4) is 0 Å². The Balaban J connectivity index is 2.64. The number of methoxy groups -OCH3 is 1. The average molecular weight is 331 g/mol. The van der Waals surface area contributed by atoms with Crippen molar-refractivity contribution >= 4 is 21.9 Å². The number of ether oxygens (including phenoxy) is 1. The summed E-state index contributed by atoms with van der Waals surface area (Å²) in [6.07, 6.45) is 6.31. The number of alkyl halides is 1. The van der Waals surface area contributed by atoms with Crippen LogP contribution in [-0.2, 0) is 9.53 Å². The van der Waals surface area contributed by atoms with Gasteiger partial charge in [-0.25, -0.2) is 4.79 Å². The third-order valence-electron chi connectivity index (χ3n) is 4.74. The number of hydrogen-bond donors (Lipinski definition) is 0. The molecular weight excluding hydrogens is 304 g/mol. The Morgan fingerprint density at radius 1 is 1.42 bits per heavy atom. The maximum absolute atomic E-state index is 11.2. The number of carbonyl (C=O) groups excluding carboxylic acids is 1. The molecule has 0 radical (unpaired) electrons. The summed E-state index contributed by atoms with van der Waals surface area (Å²) in [5.74, 6) is 1.22. The Kier molecular flexibility index (Phi) is 6.10. The predicted molar refractivity (Wildman–Crippen MR) is 83.4 cm³/mol. The fourth-order valence-corrected chi connectivity index (χ4v) is 3.92. The molecule has 0 aliphatic heterocycles. The molecule has 3 heteroatoms. The van der Waals surface area contributed by atoms with Crippen molar-refractivity contribution in [1.29, 1.82) is 0 Å². The van der Waals surface area contributed by atoms with Gasteiger partial charge in [-0.15, -0.1) is 0 Å². The second-order valence-corrected chi connectivity index (χ2v) is 7.61. The number of hydrogen-bond acceptors (Lipinski definition) is 2. The number of rotatable bonds is 4. The first-order valence-electron chi connectivity index (χ1n) is 7.18. The SMILES string of the molecule is COC(=O)/C=C(\C)CCC1C(C)CCC(Br)C1(C)C. The minimum absolute atomic E-state index is 0.244. The lowest BCUT2D eigenvalue weighted by Crippen LogP contribution is -2.41. The van der Waals surface area contributed by atoms with Crippen LogP contribution >= 0.6 is 15.9 Å². The zero-order valence-electron chi connectivity index (χ0n) is 12.8. The molecule has 1 fully saturated rings. The average Bonchev–Trinajstić information content (AvgIpc) is 2.33. The van der Waals surface area contributed by atoms with Crippen molar-refractivity contribution in [2.75, 3.05) is 7.11 Å². The molecule has 2 nitrogen and oxygen atoms in total. The van der Waals surface area contributed by atoms with Crippen LogP contribution in [0, 0.1) is 17.3 Å². The number of carbonyl (C=O) groups is 1. The van der Waals surface area contributed by atoms with Crippen LogP contribution in [0.3, 0.4) is 0 Å². The molecule has 1 aliphatic rings. The first kappa shape index (κ1) is 16.7. The molecule has 19 heavy (non-hydrogen) atoms. The molecule has 0 spiro atoms. The summed E-state index contributed by atoms with van der Waals surface area (Å²) >= 11 is 3.85. The second-order valence-electron chi connectivity index (χ2n) is 6.50. The van der Waals surface area contributed by atoms with Crippen molar-refractivity contribution in [2.45, 2.75) is 58.2 Å². The summed E-state index contributed by atoms with van der Waals surface area (Å²) in [7, 11) is 1.42. The van der Waals surface area contributed by atoms with E-state index in [1.165, 1.54) is 20.0 Å². The van der Waals surface area contributed by atoms with E-state index in [0.29, 0.717) is 16.2 Å².